The first-order chi connectivity index (χ1) is 13.3. The average Bonchev–Trinajstić information content (AvgIpc) is 2.70. The molecular formula is C20H28N4O3. The van der Waals surface area contributed by atoms with Crippen LogP contribution in [0.2, 0.25) is 0 Å². The molecule has 2 aromatic rings. The van der Waals surface area contributed by atoms with Crippen LogP contribution in [0.5, 0.6) is 5.75 Å². The SMILES string of the molecule is OC1CCC(Nc2ncc3ccc(OCCN4CCOCC4)cc3n2)CC1. The van der Waals surface area contributed by atoms with Gasteiger partial charge in [-0.25, -0.2) is 9.97 Å². The summed E-state index contributed by atoms with van der Waals surface area (Å²) in [5.74, 6) is 1.48. The van der Waals surface area contributed by atoms with Crippen molar-refractivity contribution in [2.24, 2.45) is 0 Å². The highest BCUT2D eigenvalue weighted by molar-refractivity contribution is 5.80. The van der Waals surface area contributed by atoms with Gasteiger partial charge in [0.2, 0.25) is 5.95 Å². The Kier molecular flexibility index (Phi) is 6.01. The quantitative estimate of drug-likeness (QED) is 0.803. The van der Waals surface area contributed by atoms with Gasteiger partial charge in [0.1, 0.15) is 12.4 Å². The first-order valence-electron chi connectivity index (χ1n) is 9.90. The number of ether oxygens (including phenoxy) is 2. The lowest BCUT2D eigenvalue weighted by molar-refractivity contribution is 0.0322. The molecule has 2 N–H and O–H groups in total. The van der Waals surface area contributed by atoms with Crippen molar-refractivity contribution in [3.05, 3.63) is 24.4 Å². The highest BCUT2D eigenvalue weighted by atomic mass is 16.5. The first-order valence-corrected chi connectivity index (χ1v) is 9.90. The molecule has 146 valence electrons. The number of morpholine rings is 1. The van der Waals surface area contributed by atoms with Gasteiger partial charge in [-0.2, -0.15) is 0 Å². The second kappa shape index (κ2) is 8.82. The summed E-state index contributed by atoms with van der Waals surface area (Å²) < 4.78 is 11.3. The number of benzene rings is 1. The van der Waals surface area contributed by atoms with Crippen LogP contribution in [0.25, 0.3) is 10.9 Å². The summed E-state index contributed by atoms with van der Waals surface area (Å²) in [6.07, 6.45) is 5.27. The average molecular weight is 372 g/mol. The van der Waals surface area contributed by atoms with Crippen molar-refractivity contribution in [3.8, 4) is 5.75 Å². The largest absolute Gasteiger partial charge is 0.492 e. The van der Waals surface area contributed by atoms with E-state index in [1.165, 1.54) is 0 Å². The Labute approximate surface area is 159 Å². The summed E-state index contributed by atoms with van der Waals surface area (Å²) >= 11 is 0. The molecule has 0 radical (unpaired) electrons. The van der Waals surface area contributed by atoms with Crippen molar-refractivity contribution in [2.45, 2.75) is 37.8 Å². The molecule has 0 spiro atoms. The van der Waals surface area contributed by atoms with Crippen LogP contribution >= 0.6 is 0 Å². The van der Waals surface area contributed by atoms with E-state index >= 15 is 0 Å². The van der Waals surface area contributed by atoms with E-state index in [4.69, 9.17) is 9.47 Å². The number of hydrogen-bond donors (Lipinski definition) is 2. The predicted octanol–water partition coefficient (Wildman–Crippen LogP) is 2.06. The van der Waals surface area contributed by atoms with Crippen molar-refractivity contribution in [3.63, 3.8) is 0 Å². The van der Waals surface area contributed by atoms with Gasteiger partial charge in [0.15, 0.2) is 0 Å². The van der Waals surface area contributed by atoms with Crippen LogP contribution in [0.1, 0.15) is 25.7 Å². The van der Waals surface area contributed by atoms with E-state index in [9.17, 15) is 5.11 Å². The highest BCUT2D eigenvalue weighted by Crippen LogP contribution is 2.23. The summed E-state index contributed by atoms with van der Waals surface area (Å²) in [6.45, 7) is 5.13. The van der Waals surface area contributed by atoms with Gasteiger partial charge < -0.3 is 19.9 Å². The van der Waals surface area contributed by atoms with E-state index in [1.807, 2.05) is 24.4 Å². The number of aromatic nitrogens is 2. The third kappa shape index (κ3) is 5.06. The molecule has 2 aliphatic rings. The van der Waals surface area contributed by atoms with Crippen LogP contribution in [0.4, 0.5) is 5.95 Å². The van der Waals surface area contributed by atoms with E-state index in [0.29, 0.717) is 18.6 Å². The Hall–Kier alpha value is -1.96. The molecule has 7 heteroatoms. The number of fused-ring (bicyclic) bond motifs is 1. The maximum atomic E-state index is 9.64. The molecule has 0 unspecified atom stereocenters. The molecular weight excluding hydrogens is 344 g/mol. The number of nitrogens with zero attached hydrogens (tertiary/aromatic N) is 3. The summed E-state index contributed by atoms with van der Waals surface area (Å²) in [4.78, 5) is 11.4. The summed E-state index contributed by atoms with van der Waals surface area (Å²) in [5.41, 5.74) is 0.882. The van der Waals surface area contributed by atoms with Crippen molar-refractivity contribution >= 4 is 16.9 Å². The standard InChI is InChI=1S/C20H28N4O3/c25-17-4-2-16(3-5-17)22-20-21-14-15-1-6-18(13-19(15)23-20)27-12-9-24-7-10-26-11-8-24/h1,6,13-14,16-17,25H,2-5,7-12H2,(H,21,22,23). The second-order valence-electron chi connectivity index (χ2n) is 7.37. The van der Waals surface area contributed by atoms with Crippen LogP contribution in [0.3, 0.4) is 0 Å². The van der Waals surface area contributed by atoms with E-state index < -0.39 is 0 Å². The van der Waals surface area contributed by atoms with Gasteiger partial charge in [-0.1, -0.05) is 0 Å². The third-order valence-corrected chi connectivity index (χ3v) is 5.36. The highest BCUT2D eigenvalue weighted by Gasteiger charge is 2.19. The summed E-state index contributed by atoms with van der Waals surface area (Å²) in [7, 11) is 0. The minimum Gasteiger partial charge on any atom is -0.492 e. The van der Waals surface area contributed by atoms with Crippen LogP contribution < -0.4 is 10.1 Å². The van der Waals surface area contributed by atoms with Gasteiger partial charge >= 0.3 is 0 Å². The Bertz CT molecular complexity index is 743. The number of hydrogen-bond acceptors (Lipinski definition) is 7. The molecule has 4 rings (SSSR count). The monoisotopic (exact) mass is 372 g/mol. The van der Waals surface area contributed by atoms with Crippen LogP contribution in [-0.2, 0) is 4.74 Å². The van der Waals surface area contributed by atoms with Gasteiger partial charge in [-0.15, -0.1) is 0 Å². The fraction of sp³-hybridized carbons (Fsp3) is 0.600. The van der Waals surface area contributed by atoms with Crippen molar-refractivity contribution in [1.82, 2.24) is 14.9 Å². The van der Waals surface area contributed by atoms with Crippen molar-refractivity contribution < 1.29 is 14.6 Å². The Morgan fingerprint density at radius 3 is 2.81 bits per heavy atom. The van der Waals surface area contributed by atoms with Crippen molar-refractivity contribution in [1.29, 1.82) is 0 Å². The zero-order valence-electron chi connectivity index (χ0n) is 15.6. The molecule has 0 bridgehead atoms. The normalized spacial score (nSPS) is 24.0. The summed E-state index contributed by atoms with van der Waals surface area (Å²) in [6, 6.07) is 6.28. The van der Waals surface area contributed by atoms with Gasteiger partial charge in [-0.05, 0) is 37.8 Å². The van der Waals surface area contributed by atoms with E-state index in [1.54, 1.807) is 0 Å². The van der Waals surface area contributed by atoms with Crippen molar-refractivity contribution in [2.75, 3.05) is 44.8 Å². The molecule has 1 aliphatic carbocycles. The minimum absolute atomic E-state index is 0.155. The fourth-order valence-electron chi connectivity index (χ4n) is 3.68. The second-order valence-corrected chi connectivity index (χ2v) is 7.37. The molecule has 1 aromatic carbocycles. The molecule has 1 saturated carbocycles. The van der Waals surface area contributed by atoms with Crippen LogP contribution in [-0.4, -0.2) is 71.6 Å². The van der Waals surface area contributed by atoms with Gasteiger partial charge in [0, 0.05) is 43.3 Å². The lowest BCUT2D eigenvalue weighted by atomic mass is 9.93. The molecule has 27 heavy (non-hydrogen) atoms. The maximum Gasteiger partial charge on any atom is 0.223 e. The van der Waals surface area contributed by atoms with E-state index in [2.05, 4.69) is 20.2 Å². The number of aliphatic hydroxyl groups is 1. The molecule has 1 aromatic heterocycles. The van der Waals surface area contributed by atoms with E-state index in [0.717, 1.165) is 75.2 Å². The van der Waals surface area contributed by atoms with Gasteiger partial charge in [-0.3, -0.25) is 4.90 Å². The number of rotatable bonds is 6. The number of aliphatic hydroxyl groups excluding tert-OH is 1. The minimum atomic E-state index is -0.155. The molecule has 7 nitrogen and oxygen atoms in total. The summed E-state index contributed by atoms with van der Waals surface area (Å²) in [5, 5.41) is 14.0. The lowest BCUT2D eigenvalue weighted by Crippen LogP contribution is -2.38. The maximum absolute atomic E-state index is 9.64. The molecule has 0 atom stereocenters. The number of nitrogens with one attached hydrogen (secondary N) is 1. The molecule has 1 aliphatic heterocycles. The third-order valence-electron chi connectivity index (χ3n) is 5.36. The molecule has 1 saturated heterocycles. The van der Waals surface area contributed by atoms with Gasteiger partial charge in [0.05, 0.1) is 24.8 Å². The lowest BCUT2D eigenvalue weighted by Gasteiger charge is -2.26. The molecule has 0 amide bonds. The van der Waals surface area contributed by atoms with Crippen LogP contribution in [0.15, 0.2) is 24.4 Å². The van der Waals surface area contributed by atoms with Crippen LogP contribution in [0, 0.1) is 0 Å². The fourth-order valence-corrected chi connectivity index (χ4v) is 3.68. The smallest absolute Gasteiger partial charge is 0.223 e. The molecule has 2 fully saturated rings. The Balaban J connectivity index is 1.35. The predicted molar refractivity (Wildman–Crippen MR) is 104 cm³/mol. The van der Waals surface area contributed by atoms with E-state index in [-0.39, 0.29) is 6.10 Å². The number of anilines is 1. The Morgan fingerprint density at radius 2 is 2.00 bits per heavy atom. The Morgan fingerprint density at radius 1 is 1.19 bits per heavy atom. The topological polar surface area (TPSA) is 79.7 Å². The first kappa shape index (κ1) is 18.4. The van der Waals surface area contributed by atoms with Gasteiger partial charge in [0.25, 0.3) is 0 Å². The molecule has 2 heterocycles. The zero-order chi connectivity index (χ0) is 18.5. The zero-order valence-corrected chi connectivity index (χ0v) is 15.6.